The third-order valence-electron chi connectivity index (χ3n) is 8.32. The van der Waals surface area contributed by atoms with Crippen LogP contribution in [0.15, 0.2) is 77.7 Å². The Balaban J connectivity index is 1.40. The number of aromatic nitrogens is 1. The van der Waals surface area contributed by atoms with Gasteiger partial charge in [0, 0.05) is 50.5 Å². The first-order chi connectivity index (χ1) is 19.4. The summed E-state index contributed by atoms with van der Waals surface area (Å²) in [7, 11) is 0. The van der Waals surface area contributed by atoms with Crippen LogP contribution in [0.1, 0.15) is 49.4 Å². The lowest BCUT2D eigenvalue weighted by Gasteiger charge is -2.39. The number of hydrogen-bond donors (Lipinski definition) is 1. The monoisotopic (exact) mass is 589 g/mol. The summed E-state index contributed by atoms with van der Waals surface area (Å²) in [6.07, 6.45) is 6.73. The van der Waals surface area contributed by atoms with Crippen molar-refractivity contribution in [3.8, 4) is 0 Å². The number of carbonyl (C=O) groups is 1. The van der Waals surface area contributed by atoms with Gasteiger partial charge in [-0.3, -0.25) is 4.79 Å². The SMILES string of the molecule is Cc1c(/C=C2\SC(Nc3ccccc3)N([C@H]3CCCC[C@H]3C)C2=O)c2ccccc2n1Cc1ccc(Cl)cc1Cl. The molecule has 4 aromatic rings. The minimum absolute atomic E-state index is 0.120. The van der Waals surface area contributed by atoms with Crippen LogP contribution in [-0.2, 0) is 11.3 Å². The molecule has 0 bridgehead atoms. The second kappa shape index (κ2) is 11.6. The summed E-state index contributed by atoms with van der Waals surface area (Å²) >= 11 is 14.3. The summed E-state index contributed by atoms with van der Waals surface area (Å²) in [5.41, 5.74) is 5.18. The van der Waals surface area contributed by atoms with Crippen molar-refractivity contribution < 1.29 is 4.79 Å². The van der Waals surface area contributed by atoms with E-state index in [1.165, 1.54) is 12.8 Å². The fourth-order valence-electron chi connectivity index (χ4n) is 6.16. The van der Waals surface area contributed by atoms with E-state index < -0.39 is 0 Å². The Kier molecular flexibility index (Phi) is 7.89. The van der Waals surface area contributed by atoms with E-state index in [9.17, 15) is 4.79 Å². The lowest BCUT2D eigenvalue weighted by Crippen LogP contribution is -2.48. The molecule has 2 aliphatic rings. The minimum Gasteiger partial charge on any atom is -0.356 e. The van der Waals surface area contributed by atoms with E-state index >= 15 is 0 Å². The predicted molar refractivity (Wildman–Crippen MR) is 170 cm³/mol. The molecule has 206 valence electrons. The number of fused-ring (bicyclic) bond motifs is 1. The molecule has 2 fully saturated rings. The number of anilines is 1. The molecule has 3 atom stereocenters. The van der Waals surface area contributed by atoms with Crippen LogP contribution < -0.4 is 5.32 Å². The van der Waals surface area contributed by atoms with E-state index in [2.05, 4.69) is 71.1 Å². The topological polar surface area (TPSA) is 37.3 Å². The highest BCUT2D eigenvalue weighted by Crippen LogP contribution is 2.43. The molecule has 7 heteroatoms. The van der Waals surface area contributed by atoms with Crippen molar-refractivity contribution in [1.82, 2.24) is 9.47 Å². The van der Waals surface area contributed by atoms with Crippen LogP contribution in [0.3, 0.4) is 0 Å². The fraction of sp³-hybridized carbons (Fsp3) is 0.303. The molecule has 1 aromatic heterocycles. The highest BCUT2D eigenvalue weighted by atomic mass is 35.5. The maximum absolute atomic E-state index is 14.1. The van der Waals surface area contributed by atoms with Gasteiger partial charge in [0.1, 0.15) is 0 Å². The van der Waals surface area contributed by atoms with Crippen molar-refractivity contribution in [2.24, 2.45) is 5.92 Å². The van der Waals surface area contributed by atoms with Crippen LogP contribution in [-0.4, -0.2) is 26.9 Å². The molecule has 1 N–H and O–H groups in total. The molecule has 0 spiro atoms. The highest BCUT2D eigenvalue weighted by Gasteiger charge is 2.43. The van der Waals surface area contributed by atoms with Gasteiger partial charge in [-0.05, 0) is 67.7 Å². The van der Waals surface area contributed by atoms with Crippen LogP contribution >= 0.6 is 35.0 Å². The first-order valence-electron chi connectivity index (χ1n) is 13.9. The van der Waals surface area contributed by atoms with Crippen molar-refractivity contribution in [3.63, 3.8) is 0 Å². The number of nitrogens with one attached hydrogen (secondary N) is 1. The van der Waals surface area contributed by atoms with E-state index in [0.29, 0.717) is 22.5 Å². The molecule has 1 saturated heterocycles. The van der Waals surface area contributed by atoms with E-state index in [1.807, 2.05) is 30.3 Å². The molecule has 4 nitrogen and oxygen atoms in total. The number of amides is 1. The number of benzene rings is 3. The van der Waals surface area contributed by atoms with Gasteiger partial charge in [-0.2, -0.15) is 0 Å². The lowest BCUT2D eigenvalue weighted by atomic mass is 9.85. The van der Waals surface area contributed by atoms with E-state index in [1.54, 1.807) is 17.8 Å². The summed E-state index contributed by atoms with van der Waals surface area (Å²) in [5.74, 6) is 0.597. The van der Waals surface area contributed by atoms with Crippen LogP contribution in [0, 0.1) is 12.8 Å². The highest BCUT2D eigenvalue weighted by molar-refractivity contribution is 8.05. The number of carbonyl (C=O) groups excluding carboxylic acids is 1. The van der Waals surface area contributed by atoms with Gasteiger partial charge < -0.3 is 14.8 Å². The first kappa shape index (κ1) is 27.3. The van der Waals surface area contributed by atoms with Crippen LogP contribution in [0.4, 0.5) is 5.69 Å². The Morgan fingerprint density at radius 2 is 1.75 bits per heavy atom. The van der Waals surface area contributed by atoms with E-state index in [4.69, 9.17) is 23.2 Å². The van der Waals surface area contributed by atoms with Gasteiger partial charge in [0.15, 0.2) is 5.50 Å². The fourth-order valence-corrected chi connectivity index (χ4v) is 7.82. The third-order valence-corrected chi connectivity index (χ3v) is 10.0. The average molecular weight is 591 g/mol. The van der Waals surface area contributed by atoms with Gasteiger partial charge in [0.2, 0.25) is 0 Å². The van der Waals surface area contributed by atoms with Gasteiger partial charge >= 0.3 is 0 Å². The lowest BCUT2D eigenvalue weighted by molar-refractivity contribution is -0.129. The maximum Gasteiger partial charge on any atom is 0.262 e. The average Bonchev–Trinajstić information content (AvgIpc) is 3.39. The molecule has 3 aromatic carbocycles. The maximum atomic E-state index is 14.1. The van der Waals surface area contributed by atoms with Gasteiger partial charge in [0.05, 0.1) is 4.91 Å². The van der Waals surface area contributed by atoms with Gasteiger partial charge in [0.25, 0.3) is 5.91 Å². The Morgan fingerprint density at radius 3 is 2.52 bits per heavy atom. The molecule has 1 unspecified atom stereocenters. The largest absolute Gasteiger partial charge is 0.356 e. The van der Waals surface area contributed by atoms with Crippen molar-refractivity contribution in [2.45, 2.75) is 57.6 Å². The van der Waals surface area contributed by atoms with E-state index in [0.717, 1.165) is 51.2 Å². The summed E-state index contributed by atoms with van der Waals surface area (Å²) < 4.78 is 2.28. The van der Waals surface area contributed by atoms with E-state index in [-0.39, 0.29) is 17.4 Å². The molecule has 1 aliphatic carbocycles. The standard InChI is InChI=1S/C33H33Cl2N3OS/c1-21-10-6-8-14-29(21)38-32(39)31(40-33(38)36-25-11-4-3-5-12-25)19-27-22(2)37(30-15-9-7-13-26(27)30)20-23-16-17-24(34)18-28(23)35/h3-5,7,9,11-13,15-19,21,29,33,36H,6,8,10,14,20H2,1-2H3/b31-19-/t21-,29+,33?/m1/s1. The second-order valence-electron chi connectivity index (χ2n) is 10.9. The number of rotatable bonds is 6. The molecular weight excluding hydrogens is 557 g/mol. The summed E-state index contributed by atoms with van der Waals surface area (Å²) in [5, 5.41) is 6.06. The quantitative estimate of drug-likeness (QED) is 0.228. The van der Waals surface area contributed by atoms with Crippen LogP contribution in [0.2, 0.25) is 10.0 Å². The van der Waals surface area contributed by atoms with Gasteiger partial charge in [-0.1, -0.05) is 97.2 Å². The zero-order chi connectivity index (χ0) is 27.8. The molecule has 1 aliphatic heterocycles. The van der Waals surface area contributed by atoms with Crippen LogP contribution in [0.25, 0.3) is 17.0 Å². The smallest absolute Gasteiger partial charge is 0.262 e. The van der Waals surface area contributed by atoms with Gasteiger partial charge in [-0.25, -0.2) is 0 Å². The molecule has 0 radical (unpaired) electrons. The number of hydrogen-bond acceptors (Lipinski definition) is 3. The third kappa shape index (κ3) is 5.27. The van der Waals surface area contributed by atoms with Crippen molar-refractivity contribution in [1.29, 1.82) is 0 Å². The Bertz CT molecular complexity index is 1580. The predicted octanol–water partition coefficient (Wildman–Crippen LogP) is 9.20. The molecular formula is C33H33Cl2N3OS. The number of thioether (sulfide) groups is 1. The summed E-state index contributed by atoms with van der Waals surface area (Å²) in [6.45, 7) is 5.04. The van der Waals surface area contributed by atoms with Crippen molar-refractivity contribution in [3.05, 3.63) is 105 Å². The van der Waals surface area contributed by atoms with Crippen molar-refractivity contribution in [2.75, 3.05) is 5.32 Å². The molecule has 1 saturated carbocycles. The molecule has 40 heavy (non-hydrogen) atoms. The molecule has 1 amide bonds. The summed E-state index contributed by atoms with van der Waals surface area (Å²) in [6, 6.07) is 24.5. The Morgan fingerprint density at radius 1 is 1.00 bits per heavy atom. The molecule has 6 rings (SSSR count). The number of para-hydroxylation sites is 2. The molecule has 2 heterocycles. The number of nitrogens with zero attached hydrogens (tertiary/aromatic N) is 2. The second-order valence-corrected chi connectivity index (χ2v) is 12.8. The first-order valence-corrected chi connectivity index (χ1v) is 15.6. The minimum atomic E-state index is -0.145. The zero-order valence-electron chi connectivity index (χ0n) is 22.7. The Hall–Kier alpha value is -2.86. The summed E-state index contributed by atoms with van der Waals surface area (Å²) in [4.78, 5) is 17.0. The normalized spacial score (nSPS) is 22.4. The van der Waals surface area contributed by atoms with Gasteiger partial charge in [-0.15, -0.1) is 0 Å². The van der Waals surface area contributed by atoms with Crippen LogP contribution in [0.5, 0.6) is 0 Å². The number of halogens is 2. The van der Waals surface area contributed by atoms with Crippen molar-refractivity contribution >= 4 is 63.5 Å². The Labute approximate surface area is 250 Å². The zero-order valence-corrected chi connectivity index (χ0v) is 25.1.